The molecule has 3 aromatic carbocycles. The molecule has 5 aromatic rings. The van der Waals surface area contributed by atoms with E-state index < -0.39 is 23.2 Å². The standard InChI is InChI=1S/C26H18ClF3N4O3S/c1-37-20-10-9-15(27)12-19(20)31-21(35)13-38-25-33-22-17-7-2-3-8-18(17)32-23(22)24(36)34(25)16-6-4-5-14(11-16)26(28,29)30/h2-12,32H,13H2,1H3,(H,31,35). The molecule has 0 bridgehead atoms. The number of methoxy groups -OCH3 is 1. The number of nitrogens with one attached hydrogen (secondary N) is 2. The molecule has 2 aromatic heterocycles. The van der Waals surface area contributed by atoms with Crippen molar-refractivity contribution in [2.75, 3.05) is 18.2 Å². The minimum Gasteiger partial charge on any atom is -0.495 e. The summed E-state index contributed by atoms with van der Waals surface area (Å²) in [5, 5.41) is 3.81. The number of benzene rings is 3. The molecule has 0 saturated heterocycles. The summed E-state index contributed by atoms with van der Waals surface area (Å²) in [4.78, 5) is 34.0. The number of fused-ring (bicyclic) bond motifs is 3. The molecule has 2 N–H and O–H groups in total. The first-order valence-electron chi connectivity index (χ1n) is 11.1. The van der Waals surface area contributed by atoms with Crippen LogP contribution in [0.25, 0.3) is 27.6 Å². The van der Waals surface area contributed by atoms with Crippen LogP contribution in [0.15, 0.2) is 76.7 Å². The smallest absolute Gasteiger partial charge is 0.416 e. The molecule has 0 aliphatic heterocycles. The second-order valence-electron chi connectivity index (χ2n) is 8.16. The van der Waals surface area contributed by atoms with Crippen LogP contribution in [0.1, 0.15) is 5.56 Å². The Morgan fingerprint density at radius 1 is 1.13 bits per heavy atom. The number of halogens is 4. The van der Waals surface area contributed by atoms with Crippen molar-refractivity contribution in [3.8, 4) is 11.4 Å². The molecular weight excluding hydrogens is 541 g/mol. The van der Waals surface area contributed by atoms with Crippen LogP contribution in [0.5, 0.6) is 5.75 Å². The quantitative estimate of drug-likeness (QED) is 0.189. The van der Waals surface area contributed by atoms with E-state index in [1.54, 1.807) is 36.4 Å². The van der Waals surface area contributed by atoms with Crippen LogP contribution < -0.4 is 15.6 Å². The maximum Gasteiger partial charge on any atom is 0.416 e. The van der Waals surface area contributed by atoms with E-state index in [4.69, 9.17) is 16.3 Å². The van der Waals surface area contributed by atoms with E-state index in [-0.39, 0.29) is 22.1 Å². The Balaban J connectivity index is 1.58. The Bertz CT molecular complexity index is 1750. The predicted molar refractivity (Wildman–Crippen MR) is 142 cm³/mol. The lowest BCUT2D eigenvalue weighted by Crippen LogP contribution is -2.23. The van der Waals surface area contributed by atoms with Crippen LogP contribution in [0.4, 0.5) is 18.9 Å². The number of hydrogen-bond donors (Lipinski definition) is 2. The topological polar surface area (TPSA) is 89.0 Å². The first-order chi connectivity index (χ1) is 18.2. The number of carbonyl (C=O) groups excluding carboxylic acids is 1. The molecule has 5 rings (SSSR count). The number of carbonyl (C=O) groups is 1. The maximum atomic E-state index is 13.6. The summed E-state index contributed by atoms with van der Waals surface area (Å²) in [5.74, 6) is -0.263. The van der Waals surface area contributed by atoms with Gasteiger partial charge in [0.25, 0.3) is 5.56 Å². The summed E-state index contributed by atoms with van der Waals surface area (Å²) in [6.07, 6.45) is -4.61. The molecule has 0 atom stereocenters. The molecule has 0 unspecified atom stereocenters. The van der Waals surface area contributed by atoms with Crippen LogP contribution in [0.2, 0.25) is 5.02 Å². The average molecular weight is 559 g/mol. The number of rotatable bonds is 6. The molecule has 1 amide bonds. The number of thioether (sulfide) groups is 1. The van der Waals surface area contributed by atoms with Gasteiger partial charge < -0.3 is 15.0 Å². The normalized spacial score (nSPS) is 11.7. The van der Waals surface area contributed by atoms with E-state index in [9.17, 15) is 22.8 Å². The van der Waals surface area contributed by atoms with Crippen molar-refractivity contribution in [1.29, 1.82) is 0 Å². The zero-order valence-electron chi connectivity index (χ0n) is 19.6. The number of alkyl halides is 3. The van der Waals surface area contributed by atoms with Gasteiger partial charge in [0.1, 0.15) is 16.8 Å². The van der Waals surface area contributed by atoms with Gasteiger partial charge in [0.2, 0.25) is 5.91 Å². The first-order valence-corrected chi connectivity index (χ1v) is 12.5. The molecule has 2 heterocycles. The van der Waals surface area contributed by atoms with Crippen molar-refractivity contribution in [3.05, 3.63) is 87.7 Å². The average Bonchev–Trinajstić information content (AvgIpc) is 3.26. The Labute approximate surface area is 222 Å². The van der Waals surface area contributed by atoms with Crippen molar-refractivity contribution >= 4 is 56.9 Å². The molecule has 38 heavy (non-hydrogen) atoms. The fourth-order valence-electron chi connectivity index (χ4n) is 3.98. The summed E-state index contributed by atoms with van der Waals surface area (Å²) in [6, 6.07) is 16.2. The monoisotopic (exact) mass is 558 g/mol. The number of aromatic nitrogens is 3. The van der Waals surface area contributed by atoms with Crippen LogP contribution in [0.3, 0.4) is 0 Å². The van der Waals surface area contributed by atoms with Gasteiger partial charge in [-0.2, -0.15) is 13.2 Å². The largest absolute Gasteiger partial charge is 0.495 e. The minimum absolute atomic E-state index is 0.0303. The molecule has 0 radical (unpaired) electrons. The molecule has 7 nitrogen and oxygen atoms in total. The van der Waals surface area contributed by atoms with Gasteiger partial charge in [-0.1, -0.05) is 47.6 Å². The van der Waals surface area contributed by atoms with E-state index in [0.717, 1.165) is 28.5 Å². The number of H-pyrrole nitrogens is 1. The lowest BCUT2D eigenvalue weighted by molar-refractivity contribution is -0.137. The van der Waals surface area contributed by atoms with Gasteiger partial charge in [-0.15, -0.1) is 0 Å². The number of para-hydroxylation sites is 1. The van der Waals surface area contributed by atoms with Gasteiger partial charge in [0.05, 0.1) is 29.8 Å². The Kier molecular flexibility index (Phi) is 6.80. The molecule has 0 aliphatic carbocycles. The summed E-state index contributed by atoms with van der Waals surface area (Å²) in [6.45, 7) is 0. The van der Waals surface area contributed by atoms with Crippen molar-refractivity contribution in [1.82, 2.24) is 14.5 Å². The SMILES string of the molecule is COc1ccc(Cl)cc1NC(=O)CSc1nc2c([nH]c3ccccc32)c(=O)n1-c1cccc(C(F)(F)F)c1. The van der Waals surface area contributed by atoms with Gasteiger partial charge in [0, 0.05) is 15.9 Å². The fourth-order valence-corrected chi connectivity index (χ4v) is 4.96. The van der Waals surface area contributed by atoms with Gasteiger partial charge in [-0.3, -0.25) is 14.2 Å². The molecule has 0 aliphatic rings. The summed E-state index contributed by atoms with van der Waals surface area (Å²) in [5.41, 5.74) is -0.0477. The third-order valence-electron chi connectivity index (χ3n) is 5.69. The highest BCUT2D eigenvalue weighted by atomic mass is 35.5. The number of aromatic amines is 1. The summed E-state index contributed by atoms with van der Waals surface area (Å²) >= 11 is 6.94. The predicted octanol–water partition coefficient (Wildman–Crippen LogP) is 6.28. The molecule has 12 heteroatoms. The highest BCUT2D eigenvalue weighted by molar-refractivity contribution is 7.99. The number of amides is 1. The highest BCUT2D eigenvalue weighted by Crippen LogP contribution is 2.32. The number of anilines is 1. The summed E-state index contributed by atoms with van der Waals surface area (Å²) < 4.78 is 46.6. The molecular formula is C26H18ClF3N4O3S. The zero-order chi connectivity index (χ0) is 27.0. The fraction of sp³-hybridized carbons (Fsp3) is 0.115. The Morgan fingerprint density at radius 2 is 1.92 bits per heavy atom. The van der Waals surface area contributed by atoms with Crippen LogP contribution >= 0.6 is 23.4 Å². The molecule has 0 fully saturated rings. The van der Waals surface area contributed by atoms with E-state index in [2.05, 4.69) is 15.3 Å². The summed E-state index contributed by atoms with van der Waals surface area (Å²) in [7, 11) is 1.45. The van der Waals surface area contributed by atoms with Gasteiger partial charge in [0.15, 0.2) is 5.16 Å². The molecule has 0 spiro atoms. The van der Waals surface area contributed by atoms with E-state index in [0.29, 0.717) is 32.9 Å². The van der Waals surface area contributed by atoms with Crippen molar-refractivity contribution in [2.45, 2.75) is 11.3 Å². The third-order valence-corrected chi connectivity index (χ3v) is 6.87. The van der Waals surface area contributed by atoms with Crippen LogP contribution in [-0.2, 0) is 11.0 Å². The number of hydrogen-bond acceptors (Lipinski definition) is 5. The van der Waals surface area contributed by atoms with Gasteiger partial charge in [-0.25, -0.2) is 4.98 Å². The third kappa shape index (κ3) is 4.94. The molecule has 0 saturated carbocycles. The molecule has 194 valence electrons. The number of ether oxygens (including phenoxy) is 1. The van der Waals surface area contributed by atoms with Crippen molar-refractivity contribution in [2.24, 2.45) is 0 Å². The minimum atomic E-state index is -4.61. The lowest BCUT2D eigenvalue weighted by Gasteiger charge is -2.14. The first kappa shape index (κ1) is 25.7. The second kappa shape index (κ2) is 10.1. The van der Waals surface area contributed by atoms with Crippen molar-refractivity contribution < 1.29 is 22.7 Å². The van der Waals surface area contributed by atoms with Crippen LogP contribution in [-0.4, -0.2) is 33.3 Å². The second-order valence-corrected chi connectivity index (χ2v) is 9.54. The van der Waals surface area contributed by atoms with Crippen LogP contribution in [0, 0.1) is 0 Å². The van der Waals surface area contributed by atoms with Crippen molar-refractivity contribution in [3.63, 3.8) is 0 Å². The number of nitrogens with zero attached hydrogens (tertiary/aromatic N) is 2. The van der Waals surface area contributed by atoms with E-state index in [1.807, 2.05) is 0 Å². The maximum absolute atomic E-state index is 13.6. The Hall–Kier alpha value is -3.96. The van der Waals surface area contributed by atoms with E-state index in [1.165, 1.54) is 25.3 Å². The zero-order valence-corrected chi connectivity index (χ0v) is 21.2. The lowest BCUT2D eigenvalue weighted by atomic mass is 10.2. The Morgan fingerprint density at radius 3 is 2.68 bits per heavy atom. The van der Waals surface area contributed by atoms with Gasteiger partial charge >= 0.3 is 6.18 Å². The highest BCUT2D eigenvalue weighted by Gasteiger charge is 2.31. The van der Waals surface area contributed by atoms with E-state index >= 15 is 0 Å². The van der Waals surface area contributed by atoms with Gasteiger partial charge in [-0.05, 0) is 42.5 Å².